The highest BCUT2D eigenvalue weighted by Gasteiger charge is 2.12. The zero-order chi connectivity index (χ0) is 11.0. The molecule has 3 nitrogen and oxygen atoms in total. The first-order valence-corrected chi connectivity index (χ1v) is 4.96. The highest BCUT2D eigenvalue weighted by atomic mass is 15.3. The number of aryl methyl sites for hydroxylation is 2. The highest BCUT2D eigenvalue weighted by molar-refractivity contribution is 5.76. The summed E-state index contributed by atoms with van der Waals surface area (Å²) in [5.74, 6) is 0. The van der Waals surface area contributed by atoms with E-state index >= 15 is 0 Å². The molecule has 78 valence electrons. The van der Waals surface area contributed by atoms with Crippen LogP contribution in [0.4, 0.5) is 5.69 Å². The molecule has 0 saturated carbocycles. The summed E-state index contributed by atoms with van der Waals surface area (Å²) in [5.41, 5.74) is 11.2. The van der Waals surface area contributed by atoms with E-state index in [1.54, 1.807) is 0 Å². The molecule has 0 radical (unpaired) electrons. The summed E-state index contributed by atoms with van der Waals surface area (Å²) in [6.07, 6.45) is 0. The fraction of sp³-hybridized carbons (Fsp3) is 0.250. The van der Waals surface area contributed by atoms with Gasteiger partial charge in [0.2, 0.25) is 0 Å². The van der Waals surface area contributed by atoms with Crippen molar-refractivity contribution in [2.75, 3.05) is 5.73 Å². The number of rotatable bonds is 1. The first-order chi connectivity index (χ1) is 7.11. The Balaban J connectivity index is 2.69. The van der Waals surface area contributed by atoms with Crippen LogP contribution in [0, 0.1) is 13.8 Å². The van der Waals surface area contributed by atoms with Gasteiger partial charge >= 0.3 is 0 Å². The molecular formula is C12H15N3. The predicted octanol–water partition coefficient (Wildman–Crippen LogP) is 2.29. The molecule has 0 unspecified atom stereocenters. The molecule has 2 aromatic rings. The lowest BCUT2D eigenvalue weighted by Crippen LogP contribution is -1.97. The van der Waals surface area contributed by atoms with Crippen LogP contribution in [0.3, 0.4) is 0 Å². The van der Waals surface area contributed by atoms with Crippen molar-refractivity contribution in [1.29, 1.82) is 0 Å². The molecule has 0 amide bonds. The zero-order valence-corrected chi connectivity index (χ0v) is 9.28. The van der Waals surface area contributed by atoms with Crippen LogP contribution in [-0.4, -0.2) is 9.78 Å². The van der Waals surface area contributed by atoms with Crippen LogP contribution in [0.5, 0.6) is 0 Å². The van der Waals surface area contributed by atoms with Gasteiger partial charge in [-0.1, -0.05) is 18.2 Å². The van der Waals surface area contributed by atoms with Crippen molar-refractivity contribution in [2.24, 2.45) is 7.05 Å². The van der Waals surface area contributed by atoms with Gasteiger partial charge in [0.15, 0.2) is 0 Å². The van der Waals surface area contributed by atoms with Crippen LogP contribution in [0.25, 0.3) is 11.3 Å². The maximum Gasteiger partial charge on any atom is 0.0731 e. The molecule has 1 aromatic carbocycles. The van der Waals surface area contributed by atoms with Crippen LogP contribution >= 0.6 is 0 Å². The van der Waals surface area contributed by atoms with E-state index in [0.29, 0.717) is 0 Å². The number of nitrogens with zero attached hydrogens (tertiary/aromatic N) is 2. The van der Waals surface area contributed by atoms with Crippen LogP contribution < -0.4 is 5.73 Å². The van der Waals surface area contributed by atoms with E-state index in [2.05, 4.69) is 12.0 Å². The van der Waals surface area contributed by atoms with Crippen molar-refractivity contribution in [1.82, 2.24) is 9.78 Å². The molecule has 1 aromatic heterocycles. The van der Waals surface area contributed by atoms with Crippen LogP contribution in [0.2, 0.25) is 0 Å². The van der Waals surface area contributed by atoms with E-state index < -0.39 is 0 Å². The van der Waals surface area contributed by atoms with Gasteiger partial charge in [0.25, 0.3) is 0 Å². The van der Waals surface area contributed by atoms with Crippen LogP contribution in [0.1, 0.15) is 11.3 Å². The highest BCUT2D eigenvalue weighted by Crippen LogP contribution is 2.29. The maximum absolute atomic E-state index is 5.96. The first kappa shape index (κ1) is 9.77. The van der Waals surface area contributed by atoms with E-state index in [4.69, 9.17) is 5.73 Å². The van der Waals surface area contributed by atoms with Gasteiger partial charge in [-0.3, -0.25) is 4.68 Å². The second kappa shape index (κ2) is 3.42. The Morgan fingerprint density at radius 2 is 1.87 bits per heavy atom. The molecular weight excluding hydrogens is 186 g/mol. The third kappa shape index (κ3) is 1.50. The molecule has 3 heteroatoms. The minimum Gasteiger partial charge on any atom is -0.398 e. The van der Waals surface area contributed by atoms with Gasteiger partial charge in [-0.2, -0.15) is 5.10 Å². The van der Waals surface area contributed by atoms with Gasteiger partial charge in [0.1, 0.15) is 0 Å². The Bertz CT molecular complexity index is 498. The molecule has 0 fully saturated rings. The van der Waals surface area contributed by atoms with Gasteiger partial charge < -0.3 is 5.73 Å². The molecule has 0 saturated heterocycles. The second-order valence-corrected chi connectivity index (χ2v) is 3.77. The number of nitrogen functional groups attached to an aromatic ring is 1. The van der Waals surface area contributed by atoms with Crippen molar-refractivity contribution in [3.63, 3.8) is 0 Å². The zero-order valence-electron chi connectivity index (χ0n) is 9.28. The normalized spacial score (nSPS) is 10.6. The molecule has 1 heterocycles. The van der Waals surface area contributed by atoms with E-state index in [-0.39, 0.29) is 0 Å². The third-order valence-corrected chi connectivity index (χ3v) is 2.74. The minimum absolute atomic E-state index is 0.795. The number of para-hydroxylation sites is 1. The Morgan fingerprint density at radius 1 is 1.20 bits per heavy atom. The Labute approximate surface area is 89.5 Å². The Kier molecular flexibility index (Phi) is 2.23. The van der Waals surface area contributed by atoms with Crippen molar-refractivity contribution < 1.29 is 0 Å². The summed E-state index contributed by atoms with van der Waals surface area (Å²) in [5, 5.41) is 4.39. The molecule has 0 aliphatic carbocycles. The van der Waals surface area contributed by atoms with Crippen molar-refractivity contribution in [2.45, 2.75) is 13.8 Å². The Morgan fingerprint density at radius 3 is 2.40 bits per heavy atom. The average molecular weight is 201 g/mol. The van der Waals surface area contributed by atoms with Crippen LogP contribution in [0.15, 0.2) is 24.3 Å². The van der Waals surface area contributed by atoms with Crippen molar-refractivity contribution >= 4 is 5.69 Å². The lowest BCUT2D eigenvalue weighted by molar-refractivity contribution is 0.764. The number of anilines is 1. The van der Waals surface area contributed by atoms with E-state index in [1.165, 1.54) is 5.56 Å². The molecule has 2 rings (SSSR count). The molecule has 0 aliphatic heterocycles. The molecule has 0 bridgehead atoms. The first-order valence-electron chi connectivity index (χ1n) is 4.96. The summed E-state index contributed by atoms with van der Waals surface area (Å²) >= 11 is 0. The summed E-state index contributed by atoms with van der Waals surface area (Å²) in [4.78, 5) is 0. The van der Waals surface area contributed by atoms with Crippen molar-refractivity contribution in [3.05, 3.63) is 35.5 Å². The monoisotopic (exact) mass is 201 g/mol. The minimum atomic E-state index is 0.795. The van der Waals surface area contributed by atoms with E-state index in [0.717, 1.165) is 22.6 Å². The smallest absolute Gasteiger partial charge is 0.0731 e. The second-order valence-electron chi connectivity index (χ2n) is 3.77. The maximum atomic E-state index is 5.96. The van der Waals surface area contributed by atoms with E-state index in [9.17, 15) is 0 Å². The molecule has 0 aliphatic rings. The van der Waals surface area contributed by atoms with Crippen molar-refractivity contribution in [3.8, 4) is 11.3 Å². The van der Waals surface area contributed by atoms with Gasteiger partial charge in [0.05, 0.1) is 11.4 Å². The molecule has 0 atom stereocenters. The fourth-order valence-corrected chi connectivity index (χ4v) is 1.85. The summed E-state index contributed by atoms with van der Waals surface area (Å²) < 4.78 is 1.89. The van der Waals surface area contributed by atoms with Crippen LogP contribution in [-0.2, 0) is 7.05 Å². The predicted molar refractivity (Wildman–Crippen MR) is 62.5 cm³/mol. The number of hydrogen-bond acceptors (Lipinski definition) is 2. The molecule has 15 heavy (non-hydrogen) atoms. The quantitative estimate of drug-likeness (QED) is 0.719. The van der Waals surface area contributed by atoms with Gasteiger partial charge in [0, 0.05) is 18.3 Å². The molecule has 0 spiro atoms. The molecule has 2 N–H and O–H groups in total. The van der Waals surface area contributed by atoms with Gasteiger partial charge in [-0.05, 0) is 25.5 Å². The standard InChI is InChI=1S/C12H15N3/c1-8-9(2)14-15(3)12(8)10-6-4-5-7-11(10)13/h4-7H,13H2,1-3H3. The SMILES string of the molecule is Cc1nn(C)c(-c2ccccc2N)c1C. The number of benzene rings is 1. The summed E-state index contributed by atoms with van der Waals surface area (Å²) in [7, 11) is 1.95. The Hall–Kier alpha value is -1.77. The number of aromatic nitrogens is 2. The summed E-state index contributed by atoms with van der Waals surface area (Å²) in [6.45, 7) is 4.09. The van der Waals surface area contributed by atoms with Gasteiger partial charge in [-0.15, -0.1) is 0 Å². The van der Waals surface area contributed by atoms with E-state index in [1.807, 2.05) is 42.9 Å². The number of hydrogen-bond donors (Lipinski definition) is 1. The summed E-state index contributed by atoms with van der Waals surface area (Å²) in [6, 6.07) is 7.88. The fourth-order valence-electron chi connectivity index (χ4n) is 1.85. The lowest BCUT2D eigenvalue weighted by Gasteiger charge is -2.06. The topological polar surface area (TPSA) is 43.8 Å². The van der Waals surface area contributed by atoms with Gasteiger partial charge in [-0.25, -0.2) is 0 Å². The lowest BCUT2D eigenvalue weighted by atomic mass is 10.1. The third-order valence-electron chi connectivity index (χ3n) is 2.74. The number of nitrogens with two attached hydrogens (primary N) is 1. The average Bonchev–Trinajstić information content (AvgIpc) is 2.43. The largest absolute Gasteiger partial charge is 0.398 e.